The molecule has 0 amide bonds. The molecular weight excluding hydrogens is 356 g/mol. The number of hydrogen-bond donors (Lipinski definition) is 2. The van der Waals surface area contributed by atoms with Crippen molar-refractivity contribution in [1.29, 1.82) is 0 Å². The minimum Gasteiger partial charge on any atom is -0.364 e. The first kappa shape index (κ1) is 16.2. The van der Waals surface area contributed by atoms with Crippen LogP contribution in [0.1, 0.15) is 18.7 Å². The summed E-state index contributed by atoms with van der Waals surface area (Å²) in [6, 6.07) is 6.45. The van der Waals surface area contributed by atoms with Crippen LogP contribution < -0.4 is 10.9 Å². The van der Waals surface area contributed by atoms with E-state index in [0.717, 1.165) is 5.56 Å². The smallest absolute Gasteiger partial charge is 0.272 e. The summed E-state index contributed by atoms with van der Waals surface area (Å²) in [4.78, 5) is 28.2. The first-order chi connectivity index (χ1) is 12.6. The minimum atomic E-state index is -0.417. The molecule has 2 N–H and O–H groups in total. The van der Waals surface area contributed by atoms with Crippen LogP contribution in [0.15, 0.2) is 52.2 Å². The van der Waals surface area contributed by atoms with Crippen LogP contribution in [-0.2, 0) is 0 Å². The van der Waals surface area contributed by atoms with Gasteiger partial charge in [0.25, 0.3) is 5.56 Å². The minimum absolute atomic E-state index is 0.282. The number of anilines is 1. The maximum atomic E-state index is 12.4. The summed E-state index contributed by atoms with van der Waals surface area (Å²) in [5, 5.41) is 7.30. The molecule has 4 aromatic rings. The monoisotopic (exact) mass is 368 g/mol. The van der Waals surface area contributed by atoms with Crippen LogP contribution >= 0.6 is 11.6 Å². The highest BCUT2D eigenvalue weighted by Crippen LogP contribution is 2.20. The molecule has 3 heterocycles. The van der Waals surface area contributed by atoms with Gasteiger partial charge < -0.3 is 14.8 Å². The molecule has 130 valence electrons. The maximum Gasteiger partial charge on any atom is 0.272 e. The highest BCUT2D eigenvalue weighted by atomic mass is 35.5. The van der Waals surface area contributed by atoms with Gasteiger partial charge >= 0.3 is 0 Å². The number of hydrogen-bond acceptors (Lipinski definition) is 7. The highest BCUT2D eigenvalue weighted by molar-refractivity contribution is 6.31. The zero-order chi connectivity index (χ0) is 18.1. The third kappa shape index (κ3) is 3.14. The summed E-state index contributed by atoms with van der Waals surface area (Å²) in [7, 11) is 0. The second kappa shape index (κ2) is 6.57. The van der Waals surface area contributed by atoms with Crippen molar-refractivity contribution in [3.8, 4) is 11.3 Å². The number of aromatic amines is 1. The van der Waals surface area contributed by atoms with Crippen molar-refractivity contribution in [1.82, 2.24) is 25.1 Å². The summed E-state index contributed by atoms with van der Waals surface area (Å²) in [5.41, 5.74) is 2.66. The van der Waals surface area contributed by atoms with Gasteiger partial charge in [-0.1, -0.05) is 16.8 Å². The number of nitrogens with zero attached hydrogens (tertiary/aromatic N) is 4. The fraction of sp³-hybridized carbons (Fsp3) is 0.118. The molecule has 0 aliphatic heterocycles. The van der Waals surface area contributed by atoms with Crippen LogP contribution in [0, 0.1) is 0 Å². The predicted molar refractivity (Wildman–Crippen MR) is 96.9 cm³/mol. The third-order valence-corrected chi connectivity index (χ3v) is 4.06. The molecule has 8 nitrogen and oxygen atoms in total. The Morgan fingerprint density at radius 3 is 2.96 bits per heavy atom. The maximum absolute atomic E-state index is 12.4. The standard InChI is InChI=1S/C17H13ClN6O2/c1-9(15-16(25)23-13-3-2-11(18)6-14(13)22-15)21-17-19-5-4-12(24-17)10-7-20-26-8-10/h2-9H,1H3,(H,23,25)(H,19,21,24)/t9-/m0/s1. The van der Waals surface area contributed by atoms with Gasteiger partial charge in [0, 0.05) is 11.2 Å². The van der Waals surface area contributed by atoms with E-state index in [1.165, 1.54) is 6.26 Å². The van der Waals surface area contributed by atoms with Crippen LogP contribution in [0.2, 0.25) is 5.02 Å². The molecule has 4 rings (SSSR count). The number of halogens is 1. The average Bonchev–Trinajstić information content (AvgIpc) is 3.16. The van der Waals surface area contributed by atoms with E-state index in [1.54, 1.807) is 36.7 Å². The number of fused-ring (bicyclic) bond motifs is 1. The SMILES string of the molecule is C[C@H](Nc1nccc(-c2cnoc2)n1)c1nc2cc(Cl)ccc2[nH]c1=O. The van der Waals surface area contributed by atoms with Gasteiger partial charge in [0.1, 0.15) is 12.0 Å². The van der Waals surface area contributed by atoms with Crippen LogP contribution in [0.3, 0.4) is 0 Å². The second-order valence-electron chi connectivity index (χ2n) is 5.66. The normalized spacial score (nSPS) is 12.2. The Labute approximate surface area is 152 Å². The number of nitrogens with one attached hydrogen (secondary N) is 2. The Bertz CT molecular complexity index is 1130. The zero-order valence-electron chi connectivity index (χ0n) is 13.6. The number of aromatic nitrogens is 5. The molecule has 0 radical (unpaired) electrons. The van der Waals surface area contributed by atoms with E-state index in [0.29, 0.717) is 33.4 Å². The summed E-state index contributed by atoms with van der Waals surface area (Å²) in [5.74, 6) is 0.364. The van der Waals surface area contributed by atoms with E-state index in [9.17, 15) is 4.79 Å². The lowest BCUT2D eigenvalue weighted by Gasteiger charge is -2.13. The van der Waals surface area contributed by atoms with Crippen LogP contribution in [0.5, 0.6) is 0 Å². The molecule has 0 saturated heterocycles. The van der Waals surface area contributed by atoms with Crippen molar-refractivity contribution < 1.29 is 4.52 Å². The van der Waals surface area contributed by atoms with E-state index in [2.05, 4.69) is 30.4 Å². The number of H-pyrrole nitrogens is 1. The lowest BCUT2D eigenvalue weighted by molar-refractivity contribution is 0.420. The molecule has 0 bridgehead atoms. The molecule has 26 heavy (non-hydrogen) atoms. The Hall–Kier alpha value is -3.26. The lowest BCUT2D eigenvalue weighted by Crippen LogP contribution is -2.22. The summed E-state index contributed by atoms with van der Waals surface area (Å²) in [6.45, 7) is 1.81. The van der Waals surface area contributed by atoms with E-state index < -0.39 is 6.04 Å². The molecule has 3 aromatic heterocycles. The Balaban J connectivity index is 1.65. The van der Waals surface area contributed by atoms with Gasteiger partial charge in [0.05, 0.1) is 34.5 Å². The van der Waals surface area contributed by atoms with Crippen LogP contribution in [0.25, 0.3) is 22.3 Å². The first-order valence-corrected chi connectivity index (χ1v) is 8.17. The highest BCUT2D eigenvalue weighted by Gasteiger charge is 2.15. The molecule has 9 heteroatoms. The molecule has 1 atom stereocenters. The Morgan fingerprint density at radius 1 is 1.27 bits per heavy atom. The predicted octanol–water partition coefficient (Wildman–Crippen LogP) is 3.19. The fourth-order valence-electron chi connectivity index (χ4n) is 2.55. The van der Waals surface area contributed by atoms with Crippen molar-refractivity contribution in [3.63, 3.8) is 0 Å². The van der Waals surface area contributed by atoms with Gasteiger partial charge in [-0.25, -0.2) is 15.0 Å². The van der Waals surface area contributed by atoms with E-state index in [1.807, 2.05) is 6.92 Å². The van der Waals surface area contributed by atoms with E-state index >= 15 is 0 Å². The van der Waals surface area contributed by atoms with Gasteiger partial charge in [0.15, 0.2) is 0 Å². The Morgan fingerprint density at radius 2 is 2.15 bits per heavy atom. The average molecular weight is 369 g/mol. The molecule has 1 aromatic carbocycles. The van der Waals surface area contributed by atoms with Gasteiger partial charge in [-0.3, -0.25) is 4.79 Å². The molecule has 0 fully saturated rings. The van der Waals surface area contributed by atoms with Gasteiger partial charge in [-0.2, -0.15) is 0 Å². The van der Waals surface area contributed by atoms with Crippen molar-refractivity contribution in [2.24, 2.45) is 0 Å². The van der Waals surface area contributed by atoms with Crippen molar-refractivity contribution >= 4 is 28.6 Å². The molecule has 0 spiro atoms. The van der Waals surface area contributed by atoms with E-state index in [4.69, 9.17) is 16.1 Å². The summed E-state index contributed by atoms with van der Waals surface area (Å²) < 4.78 is 4.83. The molecular formula is C17H13ClN6O2. The van der Waals surface area contributed by atoms with Crippen LogP contribution in [0.4, 0.5) is 5.95 Å². The topological polar surface area (TPSA) is 110 Å². The largest absolute Gasteiger partial charge is 0.364 e. The summed E-state index contributed by atoms with van der Waals surface area (Å²) in [6.07, 6.45) is 4.67. The molecule has 0 saturated carbocycles. The number of rotatable bonds is 4. The lowest BCUT2D eigenvalue weighted by atomic mass is 10.2. The fourth-order valence-corrected chi connectivity index (χ4v) is 2.71. The van der Waals surface area contributed by atoms with Gasteiger partial charge in [0.2, 0.25) is 5.95 Å². The molecule has 0 aliphatic rings. The molecule has 0 unspecified atom stereocenters. The first-order valence-electron chi connectivity index (χ1n) is 7.79. The quantitative estimate of drug-likeness (QED) is 0.569. The Kier molecular flexibility index (Phi) is 4.10. The zero-order valence-corrected chi connectivity index (χ0v) is 14.4. The molecule has 0 aliphatic carbocycles. The second-order valence-corrected chi connectivity index (χ2v) is 6.09. The summed E-state index contributed by atoms with van der Waals surface area (Å²) >= 11 is 6.01. The van der Waals surface area contributed by atoms with Crippen LogP contribution in [-0.4, -0.2) is 25.1 Å². The van der Waals surface area contributed by atoms with E-state index in [-0.39, 0.29) is 5.56 Å². The van der Waals surface area contributed by atoms with Crippen molar-refractivity contribution in [2.45, 2.75) is 13.0 Å². The number of benzene rings is 1. The van der Waals surface area contributed by atoms with Gasteiger partial charge in [-0.15, -0.1) is 0 Å². The van der Waals surface area contributed by atoms with Gasteiger partial charge in [-0.05, 0) is 31.2 Å². The third-order valence-electron chi connectivity index (χ3n) is 3.82. The van der Waals surface area contributed by atoms with Crippen molar-refractivity contribution in [3.05, 3.63) is 64.0 Å². The van der Waals surface area contributed by atoms with Crippen molar-refractivity contribution in [2.75, 3.05) is 5.32 Å².